The van der Waals surface area contributed by atoms with Gasteiger partial charge in [0.15, 0.2) is 0 Å². The topological polar surface area (TPSA) is 64.4 Å². The lowest BCUT2D eigenvalue weighted by molar-refractivity contribution is -0.136. The summed E-state index contributed by atoms with van der Waals surface area (Å²) in [5, 5.41) is 13.3. The number of hydrogen-bond donors (Lipinski definition) is 1. The molecule has 21 heavy (non-hydrogen) atoms. The summed E-state index contributed by atoms with van der Waals surface area (Å²) in [7, 11) is 0. The highest BCUT2D eigenvalue weighted by molar-refractivity contribution is 5.67. The molecule has 0 radical (unpaired) electrons. The van der Waals surface area contributed by atoms with E-state index in [1.165, 1.54) is 0 Å². The molecule has 112 valence electrons. The van der Waals surface area contributed by atoms with E-state index in [1.807, 2.05) is 49.7 Å². The Morgan fingerprint density at radius 1 is 1.29 bits per heavy atom. The third-order valence-corrected chi connectivity index (χ3v) is 3.42. The van der Waals surface area contributed by atoms with Gasteiger partial charge in [0.05, 0.1) is 18.0 Å². The molecule has 5 heteroatoms. The summed E-state index contributed by atoms with van der Waals surface area (Å²) in [4.78, 5) is 10.7. The van der Waals surface area contributed by atoms with E-state index in [2.05, 4.69) is 5.10 Å². The molecule has 0 aliphatic rings. The van der Waals surface area contributed by atoms with Crippen LogP contribution in [0.25, 0.3) is 5.69 Å². The van der Waals surface area contributed by atoms with Crippen LogP contribution in [0.4, 0.5) is 0 Å². The number of carboxylic acid groups (broad SMARTS) is 1. The first kappa shape index (κ1) is 15.1. The second kappa shape index (κ2) is 6.43. The molecular weight excluding hydrogens is 268 g/mol. The van der Waals surface area contributed by atoms with Crippen molar-refractivity contribution < 1.29 is 14.6 Å². The summed E-state index contributed by atoms with van der Waals surface area (Å²) in [6.45, 7) is 6.46. The lowest BCUT2D eigenvalue weighted by atomic mass is 10.1. The van der Waals surface area contributed by atoms with Crippen LogP contribution >= 0.6 is 0 Å². The Bertz CT molecular complexity index is 630. The van der Waals surface area contributed by atoms with Crippen molar-refractivity contribution in [3.8, 4) is 11.4 Å². The smallest absolute Gasteiger partial charge is 0.303 e. The number of carbonyl (C=O) groups is 1. The van der Waals surface area contributed by atoms with Crippen molar-refractivity contribution >= 4 is 5.97 Å². The van der Waals surface area contributed by atoms with Crippen molar-refractivity contribution in [3.63, 3.8) is 0 Å². The van der Waals surface area contributed by atoms with E-state index in [-0.39, 0.29) is 6.42 Å². The van der Waals surface area contributed by atoms with Crippen LogP contribution in [0.5, 0.6) is 5.75 Å². The van der Waals surface area contributed by atoms with Crippen LogP contribution in [0.15, 0.2) is 24.3 Å². The molecule has 1 aromatic carbocycles. The van der Waals surface area contributed by atoms with E-state index in [1.54, 1.807) is 0 Å². The lowest BCUT2D eigenvalue weighted by Gasteiger charge is -2.07. The van der Waals surface area contributed by atoms with Gasteiger partial charge in [-0.25, -0.2) is 4.68 Å². The van der Waals surface area contributed by atoms with Gasteiger partial charge in [-0.2, -0.15) is 5.10 Å². The van der Waals surface area contributed by atoms with Crippen LogP contribution < -0.4 is 4.74 Å². The Hall–Kier alpha value is -2.30. The summed E-state index contributed by atoms with van der Waals surface area (Å²) in [6.07, 6.45) is 0.626. The molecule has 0 aliphatic heterocycles. The fourth-order valence-electron chi connectivity index (χ4n) is 2.37. The molecule has 1 aromatic heterocycles. The van der Waals surface area contributed by atoms with Gasteiger partial charge in [-0.15, -0.1) is 0 Å². The minimum absolute atomic E-state index is 0.122. The molecule has 0 saturated heterocycles. The number of aromatic nitrogens is 2. The highest BCUT2D eigenvalue weighted by atomic mass is 16.5. The van der Waals surface area contributed by atoms with Crippen molar-refractivity contribution in [2.75, 3.05) is 6.61 Å². The van der Waals surface area contributed by atoms with Crippen LogP contribution in [0, 0.1) is 13.8 Å². The van der Waals surface area contributed by atoms with Crippen LogP contribution in [-0.2, 0) is 11.2 Å². The number of hydrogen-bond acceptors (Lipinski definition) is 3. The molecule has 0 unspecified atom stereocenters. The Morgan fingerprint density at radius 3 is 2.52 bits per heavy atom. The first-order valence-corrected chi connectivity index (χ1v) is 7.03. The van der Waals surface area contributed by atoms with E-state index in [0.717, 1.165) is 28.4 Å². The zero-order valence-corrected chi connectivity index (χ0v) is 12.6. The number of carboxylic acids is 1. The molecule has 2 aromatic rings. The van der Waals surface area contributed by atoms with Crippen LogP contribution in [0.2, 0.25) is 0 Å². The number of ether oxygens (including phenoxy) is 1. The van der Waals surface area contributed by atoms with Gasteiger partial charge >= 0.3 is 5.97 Å². The van der Waals surface area contributed by atoms with Crippen molar-refractivity contribution in [1.29, 1.82) is 0 Å². The van der Waals surface area contributed by atoms with Gasteiger partial charge in [0.1, 0.15) is 5.75 Å². The van der Waals surface area contributed by atoms with Gasteiger partial charge in [0.25, 0.3) is 0 Å². The fraction of sp³-hybridized carbons (Fsp3) is 0.375. The van der Waals surface area contributed by atoms with Crippen molar-refractivity contribution in [3.05, 3.63) is 41.2 Å². The number of rotatable bonds is 6. The number of nitrogens with zero attached hydrogens (tertiary/aromatic N) is 2. The van der Waals surface area contributed by atoms with Gasteiger partial charge in [-0.1, -0.05) is 0 Å². The highest BCUT2D eigenvalue weighted by Crippen LogP contribution is 2.21. The number of aryl methyl sites for hydroxylation is 1. The van der Waals surface area contributed by atoms with E-state index in [4.69, 9.17) is 9.84 Å². The average Bonchev–Trinajstić information content (AvgIpc) is 2.73. The van der Waals surface area contributed by atoms with Gasteiger partial charge in [0, 0.05) is 12.1 Å². The predicted molar refractivity (Wildman–Crippen MR) is 80.2 cm³/mol. The van der Waals surface area contributed by atoms with E-state index in [0.29, 0.717) is 13.0 Å². The van der Waals surface area contributed by atoms with E-state index >= 15 is 0 Å². The third kappa shape index (κ3) is 3.42. The molecule has 0 atom stereocenters. The Labute approximate surface area is 124 Å². The summed E-state index contributed by atoms with van der Waals surface area (Å²) >= 11 is 0. The molecule has 0 aliphatic carbocycles. The molecule has 0 saturated carbocycles. The van der Waals surface area contributed by atoms with Crippen LogP contribution in [-0.4, -0.2) is 27.5 Å². The minimum Gasteiger partial charge on any atom is -0.494 e. The standard InChI is InChI=1S/C16H20N2O3/c1-4-21-14-7-5-13(6-8-14)18-12(3)15(11(2)17-18)9-10-16(19)20/h5-8H,4,9-10H2,1-3H3,(H,19,20). The van der Waals surface area contributed by atoms with Gasteiger partial charge in [0.2, 0.25) is 0 Å². The zero-order chi connectivity index (χ0) is 15.4. The predicted octanol–water partition coefficient (Wildman–Crippen LogP) is 2.91. The lowest BCUT2D eigenvalue weighted by Crippen LogP contribution is -2.01. The zero-order valence-electron chi connectivity index (χ0n) is 12.6. The Kier molecular flexibility index (Phi) is 4.62. The third-order valence-electron chi connectivity index (χ3n) is 3.42. The van der Waals surface area contributed by atoms with Gasteiger partial charge < -0.3 is 9.84 Å². The normalized spacial score (nSPS) is 10.6. The molecule has 0 bridgehead atoms. The first-order valence-electron chi connectivity index (χ1n) is 7.03. The highest BCUT2D eigenvalue weighted by Gasteiger charge is 2.13. The van der Waals surface area contributed by atoms with Crippen LogP contribution in [0.3, 0.4) is 0 Å². The van der Waals surface area contributed by atoms with Crippen molar-refractivity contribution in [1.82, 2.24) is 9.78 Å². The van der Waals surface area contributed by atoms with Gasteiger partial charge in [-0.05, 0) is 57.0 Å². The molecule has 1 N–H and O–H groups in total. The van der Waals surface area contributed by atoms with E-state index < -0.39 is 5.97 Å². The Morgan fingerprint density at radius 2 is 1.95 bits per heavy atom. The molecule has 0 spiro atoms. The molecule has 1 heterocycles. The van der Waals surface area contributed by atoms with Crippen molar-refractivity contribution in [2.24, 2.45) is 0 Å². The van der Waals surface area contributed by atoms with Crippen LogP contribution in [0.1, 0.15) is 30.3 Å². The maximum absolute atomic E-state index is 10.7. The molecular formula is C16H20N2O3. The van der Waals surface area contributed by atoms with Gasteiger partial charge in [-0.3, -0.25) is 4.79 Å². The maximum atomic E-state index is 10.7. The molecule has 2 rings (SSSR count). The molecule has 5 nitrogen and oxygen atoms in total. The monoisotopic (exact) mass is 288 g/mol. The summed E-state index contributed by atoms with van der Waals surface area (Å²) in [6, 6.07) is 7.72. The van der Waals surface area contributed by atoms with Crippen molar-refractivity contribution in [2.45, 2.75) is 33.6 Å². The fourth-order valence-corrected chi connectivity index (χ4v) is 2.37. The summed E-state index contributed by atoms with van der Waals surface area (Å²) < 4.78 is 7.28. The van der Waals surface area contributed by atoms with E-state index in [9.17, 15) is 4.79 Å². The summed E-state index contributed by atoms with van der Waals surface area (Å²) in [5.41, 5.74) is 3.81. The summed E-state index contributed by atoms with van der Waals surface area (Å²) in [5.74, 6) is 0.0384. The molecule has 0 fully saturated rings. The average molecular weight is 288 g/mol. The maximum Gasteiger partial charge on any atom is 0.303 e. The second-order valence-electron chi connectivity index (χ2n) is 4.88. The number of benzene rings is 1. The SMILES string of the molecule is CCOc1ccc(-n2nc(C)c(CCC(=O)O)c2C)cc1. The molecule has 0 amide bonds. The largest absolute Gasteiger partial charge is 0.494 e. The second-order valence-corrected chi connectivity index (χ2v) is 4.88. The quantitative estimate of drug-likeness (QED) is 0.887. The minimum atomic E-state index is -0.789. The first-order chi connectivity index (χ1) is 10.0. The Balaban J connectivity index is 2.27. The number of aliphatic carboxylic acids is 1.